The molecule has 0 saturated carbocycles. The van der Waals surface area contributed by atoms with E-state index in [1.165, 1.54) is 0 Å². The molecule has 2 N–H and O–H groups in total. The fourth-order valence-corrected chi connectivity index (χ4v) is 4.77. The zero-order valence-electron chi connectivity index (χ0n) is 10.5. The van der Waals surface area contributed by atoms with Crippen LogP contribution in [0.3, 0.4) is 0 Å². The first-order valence-corrected chi connectivity index (χ1v) is 9.28. The maximum Gasteiger partial charge on any atom is 0.325 e. The van der Waals surface area contributed by atoms with E-state index in [9.17, 15) is 26.7 Å². The maximum atomic E-state index is 11.8. The standard InChI is InChI=1S/C9H17NO7S2/c1-18(13,14)6-7-19(15,16)10-9(8(11)12)2-4-17-5-3-9/h10H,2-7H2,1H3,(H,11,12). The normalized spacial score (nSPS) is 20.1. The van der Waals surface area contributed by atoms with Crippen molar-refractivity contribution in [3.63, 3.8) is 0 Å². The van der Waals surface area contributed by atoms with Crippen LogP contribution in [0, 0.1) is 0 Å². The molecule has 10 heteroatoms. The maximum absolute atomic E-state index is 11.8. The van der Waals surface area contributed by atoms with Gasteiger partial charge in [0.2, 0.25) is 10.0 Å². The van der Waals surface area contributed by atoms with E-state index in [4.69, 9.17) is 4.74 Å². The molecular formula is C9H17NO7S2. The second-order valence-electron chi connectivity index (χ2n) is 4.55. The van der Waals surface area contributed by atoms with Gasteiger partial charge in [0.1, 0.15) is 15.4 Å². The van der Waals surface area contributed by atoms with Gasteiger partial charge in [0.25, 0.3) is 0 Å². The van der Waals surface area contributed by atoms with Crippen molar-refractivity contribution in [1.82, 2.24) is 4.72 Å². The van der Waals surface area contributed by atoms with Crippen molar-refractivity contribution in [3.8, 4) is 0 Å². The van der Waals surface area contributed by atoms with E-state index in [0.29, 0.717) is 0 Å². The fourth-order valence-electron chi connectivity index (χ4n) is 1.69. The van der Waals surface area contributed by atoms with Crippen molar-refractivity contribution in [3.05, 3.63) is 0 Å². The average molecular weight is 315 g/mol. The van der Waals surface area contributed by atoms with Crippen molar-refractivity contribution in [2.45, 2.75) is 18.4 Å². The first-order chi connectivity index (χ1) is 8.56. The van der Waals surface area contributed by atoms with E-state index in [0.717, 1.165) is 6.26 Å². The predicted octanol–water partition coefficient (Wildman–Crippen LogP) is -1.42. The van der Waals surface area contributed by atoms with Crippen LogP contribution in [0.1, 0.15) is 12.8 Å². The minimum Gasteiger partial charge on any atom is -0.480 e. The molecule has 0 radical (unpaired) electrons. The number of hydrogen-bond acceptors (Lipinski definition) is 6. The third-order valence-electron chi connectivity index (χ3n) is 2.83. The van der Waals surface area contributed by atoms with Crippen LogP contribution in [0.5, 0.6) is 0 Å². The van der Waals surface area contributed by atoms with Gasteiger partial charge in [-0.25, -0.2) is 16.8 Å². The minimum atomic E-state index is -3.98. The number of nitrogens with one attached hydrogen (secondary N) is 1. The molecule has 19 heavy (non-hydrogen) atoms. The van der Waals surface area contributed by atoms with Gasteiger partial charge < -0.3 is 9.84 Å². The topological polar surface area (TPSA) is 127 Å². The number of hydrogen-bond donors (Lipinski definition) is 2. The first kappa shape index (κ1) is 16.3. The smallest absolute Gasteiger partial charge is 0.325 e. The number of rotatable bonds is 6. The van der Waals surface area contributed by atoms with E-state index >= 15 is 0 Å². The van der Waals surface area contributed by atoms with Gasteiger partial charge in [-0.05, 0) is 0 Å². The summed E-state index contributed by atoms with van der Waals surface area (Å²) in [6, 6.07) is 0. The van der Waals surface area contributed by atoms with E-state index in [-0.39, 0.29) is 26.1 Å². The lowest BCUT2D eigenvalue weighted by atomic mass is 9.92. The van der Waals surface area contributed by atoms with Crippen LogP contribution in [0.25, 0.3) is 0 Å². The van der Waals surface area contributed by atoms with Gasteiger partial charge in [-0.15, -0.1) is 0 Å². The Morgan fingerprint density at radius 2 is 1.74 bits per heavy atom. The Morgan fingerprint density at radius 1 is 1.21 bits per heavy atom. The Kier molecular flexibility index (Phi) is 4.93. The molecule has 0 atom stereocenters. The third-order valence-corrected chi connectivity index (χ3v) is 5.48. The van der Waals surface area contributed by atoms with Gasteiger partial charge >= 0.3 is 5.97 Å². The van der Waals surface area contributed by atoms with Crippen LogP contribution < -0.4 is 4.72 Å². The van der Waals surface area contributed by atoms with Crippen LogP contribution in [0.15, 0.2) is 0 Å². The number of carbonyl (C=O) groups is 1. The second kappa shape index (κ2) is 5.73. The Hall–Kier alpha value is -0.710. The summed E-state index contributed by atoms with van der Waals surface area (Å²) in [5.41, 5.74) is -1.60. The molecule has 0 aromatic heterocycles. The second-order valence-corrected chi connectivity index (χ2v) is 8.65. The van der Waals surface area contributed by atoms with Crippen molar-refractivity contribution in [2.24, 2.45) is 0 Å². The van der Waals surface area contributed by atoms with Crippen LogP contribution >= 0.6 is 0 Å². The van der Waals surface area contributed by atoms with Gasteiger partial charge in [-0.2, -0.15) is 4.72 Å². The summed E-state index contributed by atoms with van der Waals surface area (Å²) in [7, 11) is -7.41. The van der Waals surface area contributed by atoms with Crippen LogP contribution in [-0.4, -0.2) is 64.4 Å². The summed E-state index contributed by atoms with van der Waals surface area (Å²) in [5, 5.41) is 9.18. The molecule has 0 aromatic rings. The fraction of sp³-hybridized carbons (Fsp3) is 0.889. The molecule has 0 bridgehead atoms. The molecular weight excluding hydrogens is 298 g/mol. The highest BCUT2D eigenvalue weighted by Crippen LogP contribution is 2.22. The molecule has 8 nitrogen and oxygen atoms in total. The Balaban J connectivity index is 2.81. The van der Waals surface area contributed by atoms with Crippen molar-refractivity contribution in [2.75, 3.05) is 31.0 Å². The van der Waals surface area contributed by atoms with E-state index < -0.39 is 42.9 Å². The number of carboxylic acid groups (broad SMARTS) is 1. The number of sulfone groups is 1. The average Bonchev–Trinajstić information content (AvgIpc) is 2.26. The summed E-state index contributed by atoms with van der Waals surface area (Å²) < 4.78 is 52.6. The monoisotopic (exact) mass is 315 g/mol. The van der Waals surface area contributed by atoms with Crippen molar-refractivity contribution >= 4 is 25.8 Å². The van der Waals surface area contributed by atoms with Crippen molar-refractivity contribution in [1.29, 1.82) is 0 Å². The molecule has 1 aliphatic heterocycles. The largest absolute Gasteiger partial charge is 0.480 e. The summed E-state index contributed by atoms with van der Waals surface area (Å²) in [6.07, 6.45) is 0.949. The van der Waals surface area contributed by atoms with Crippen LogP contribution in [0.4, 0.5) is 0 Å². The minimum absolute atomic E-state index is 0.0143. The Morgan fingerprint density at radius 3 is 2.16 bits per heavy atom. The molecule has 0 amide bonds. The summed E-state index contributed by atoms with van der Waals surface area (Å²) in [5.74, 6) is -2.48. The van der Waals surface area contributed by atoms with Gasteiger partial charge in [0.15, 0.2) is 0 Å². The SMILES string of the molecule is CS(=O)(=O)CCS(=O)(=O)NC1(C(=O)O)CCOCC1. The van der Waals surface area contributed by atoms with E-state index in [2.05, 4.69) is 4.72 Å². The van der Waals surface area contributed by atoms with E-state index in [1.807, 2.05) is 0 Å². The number of sulfonamides is 1. The number of ether oxygens (including phenoxy) is 1. The van der Waals surface area contributed by atoms with Crippen LogP contribution in [0.2, 0.25) is 0 Å². The number of aliphatic carboxylic acids is 1. The lowest BCUT2D eigenvalue weighted by molar-refractivity contribution is -0.147. The molecule has 112 valence electrons. The van der Waals surface area contributed by atoms with Crippen LogP contribution in [-0.2, 0) is 29.4 Å². The molecule has 1 fully saturated rings. The van der Waals surface area contributed by atoms with Gasteiger partial charge in [-0.1, -0.05) is 0 Å². The zero-order valence-corrected chi connectivity index (χ0v) is 12.1. The first-order valence-electron chi connectivity index (χ1n) is 5.57. The summed E-state index contributed by atoms with van der Waals surface area (Å²) >= 11 is 0. The van der Waals surface area contributed by atoms with Gasteiger partial charge in [0, 0.05) is 32.3 Å². The summed E-state index contributed by atoms with van der Waals surface area (Å²) in [6.45, 7) is 0.280. The summed E-state index contributed by atoms with van der Waals surface area (Å²) in [4.78, 5) is 11.3. The predicted molar refractivity (Wildman–Crippen MR) is 67.1 cm³/mol. The molecule has 0 aliphatic carbocycles. The highest BCUT2D eigenvalue weighted by molar-refractivity contribution is 7.93. The molecule has 1 heterocycles. The Labute approximate surface area is 112 Å². The highest BCUT2D eigenvalue weighted by Gasteiger charge is 2.43. The lowest BCUT2D eigenvalue weighted by Gasteiger charge is -2.33. The highest BCUT2D eigenvalue weighted by atomic mass is 32.2. The molecule has 1 saturated heterocycles. The molecule has 0 aromatic carbocycles. The van der Waals surface area contributed by atoms with Crippen molar-refractivity contribution < 1.29 is 31.5 Å². The molecule has 0 unspecified atom stereocenters. The number of carboxylic acids is 1. The van der Waals surface area contributed by atoms with Gasteiger partial charge in [-0.3, -0.25) is 4.79 Å². The molecule has 1 rings (SSSR count). The molecule has 0 spiro atoms. The third kappa shape index (κ3) is 5.05. The zero-order chi connectivity index (χ0) is 14.7. The Bertz CT molecular complexity index is 531. The lowest BCUT2D eigenvalue weighted by Crippen LogP contribution is -2.58. The quantitative estimate of drug-likeness (QED) is 0.616. The van der Waals surface area contributed by atoms with E-state index in [1.54, 1.807) is 0 Å². The van der Waals surface area contributed by atoms with Gasteiger partial charge in [0.05, 0.1) is 11.5 Å². The molecule has 1 aliphatic rings.